The number of rotatable bonds is 2. The zero-order valence-electron chi connectivity index (χ0n) is 7.48. The van der Waals surface area contributed by atoms with Crippen molar-refractivity contribution in [3.8, 4) is 0 Å². The first-order valence-electron chi connectivity index (χ1n) is 4.10. The molecule has 0 spiro atoms. The smallest absolute Gasteiger partial charge is 0.310 e. The van der Waals surface area contributed by atoms with Gasteiger partial charge in [0.2, 0.25) is 0 Å². The van der Waals surface area contributed by atoms with Gasteiger partial charge in [0.1, 0.15) is 5.82 Å². The van der Waals surface area contributed by atoms with Gasteiger partial charge in [-0.25, -0.2) is 4.98 Å². The fourth-order valence-electron chi connectivity index (χ4n) is 1.03. The quantitative estimate of drug-likeness (QED) is 0.796. The molecule has 6 heteroatoms. The number of anilines is 2. The maximum Gasteiger partial charge on any atom is 0.310 e. The van der Waals surface area contributed by atoms with Gasteiger partial charge in [0, 0.05) is 12.4 Å². The van der Waals surface area contributed by atoms with Gasteiger partial charge in [-0.15, -0.1) is 0 Å². The third kappa shape index (κ3) is 2.60. The highest BCUT2D eigenvalue weighted by Gasteiger charge is 1.99. The predicted molar refractivity (Wildman–Crippen MR) is 54.5 cm³/mol. The largest absolute Gasteiger partial charge is 0.339 e. The van der Waals surface area contributed by atoms with Crippen molar-refractivity contribution >= 4 is 23.1 Å². The van der Waals surface area contributed by atoms with E-state index in [1.165, 1.54) is 12.4 Å². The maximum absolute atomic E-state index is 12.6. The minimum Gasteiger partial charge on any atom is -0.339 e. The molecular formula is C9H6ClFN4. The van der Waals surface area contributed by atoms with Crippen LogP contribution in [0, 0.1) is 6.08 Å². The topological polar surface area (TPSA) is 50.7 Å². The molecule has 0 bridgehead atoms. The second kappa shape index (κ2) is 4.18. The van der Waals surface area contributed by atoms with E-state index in [2.05, 4.69) is 20.3 Å². The van der Waals surface area contributed by atoms with E-state index in [0.29, 0.717) is 16.5 Å². The Balaban J connectivity index is 2.22. The first kappa shape index (κ1) is 9.79. The lowest BCUT2D eigenvalue weighted by molar-refractivity contribution is 0.540. The molecule has 15 heavy (non-hydrogen) atoms. The molecule has 0 fully saturated rings. The summed E-state index contributed by atoms with van der Waals surface area (Å²) in [6.07, 6.45) is 3.61. The summed E-state index contributed by atoms with van der Waals surface area (Å²) >= 11 is 5.73. The molecule has 0 aromatic carbocycles. The number of hydrogen-bond donors (Lipinski definition) is 1. The number of nitrogens with one attached hydrogen (secondary N) is 1. The van der Waals surface area contributed by atoms with Crippen LogP contribution in [0.4, 0.5) is 15.9 Å². The van der Waals surface area contributed by atoms with Gasteiger partial charge in [0.15, 0.2) is 0 Å². The Morgan fingerprint density at radius 2 is 2.20 bits per heavy atom. The van der Waals surface area contributed by atoms with Gasteiger partial charge in [0.25, 0.3) is 0 Å². The van der Waals surface area contributed by atoms with E-state index in [1.807, 2.05) is 0 Å². The standard InChI is InChI=1S/C9H6ClFN4/c10-6-3-7(5-12-4-6)14-8-1-2-13-9(11)15-8/h1-5H,(H,13,14,15). The lowest BCUT2D eigenvalue weighted by atomic mass is 10.4. The van der Waals surface area contributed by atoms with Crippen LogP contribution >= 0.6 is 11.6 Å². The van der Waals surface area contributed by atoms with Crippen molar-refractivity contribution in [1.82, 2.24) is 15.0 Å². The molecule has 0 aliphatic carbocycles. The highest BCUT2D eigenvalue weighted by Crippen LogP contribution is 2.16. The second-order valence-electron chi connectivity index (χ2n) is 2.73. The Kier molecular flexibility index (Phi) is 2.73. The Morgan fingerprint density at radius 3 is 2.93 bits per heavy atom. The van der Waals surface area contributed by atoms with Crippen molar-refractivity contribution < 1.29 is 4.39 Å². The van der Waals surface area contributed by atoms with Crippen LogP contribution in [-0.2, 0) is 0 Å². The minimum atomic E-state index is -0.782. The van der Waals surface area contributed by atoms with E-state index in [4.69, 9.17) is 11.6 Å². The molecule has 2 heterocycles. The van der Waals surface area contributed by atoms with Crippen LogP contribution in [0.5, 0.6) is 0 Å². The molecule has 0 saturated heterocycles. The molecule has 0 aliphatic rings. The van der Waals surface area contributed by atoms with Crippen molar-refractivity contribution in [2.24, 2.45) is 0 Å². The molecular weight excluding hydrogens is 219 g/mol. The molecule has 76 valence electrons. The highest BCUT2D eigenvalue weighted by atomic mass is 35.5. The fraction of sp³-hybridized carbons (Fsp3) is 0. The predicted octanol–water partition coefficient (Wildman–Crippen LogP) is 2.41. The van der Waals surface area contributed by atoms with E-state index in [-0.39, 0.29) is 0 Å². The summed E-state index contributed by atoms with van der Waals surface area (Å²) in [5.74, 6) is 0.353. The first-order valence-corrected chi connectivity index (χ1v) is 4.48. The van der Waals surface area contributed by atoms with Crippen molar-refractivity contribution in [2.45, 2.75) is 0 Å². The average Bonchev–Trinajstić information content (AvgIpc) is 2.17. The number of aromatic nitrogens is 3. The van der Waals surface area contributed by atoms with Gasteiger partial charge in [-0.3, -0.25) is 4.98 Å². The van der Waals surface area contributed by atoms with Crippen molar-refractivity contribution in [1.29, 1.82) is 0 Å². The van der Waals surface area contributed by atoms with Crippen LogP contribution in [0.15, 0.2) is 30.7 Å². The lowest BCUT2D eigenvalue weighted by Crippen LogP contribution is -1.97. The summed E-state index contributed by atoms with van der Waals surface area (Å²) in [6, 6.07) is 3.21. The fourth-order valence-corrected chi connectivity index (χ4v) is 1.21. The summed E-state index contributed by atoms with van der Waals surface area (Å²) < 4.78 is 12.6. The summed E-state index contributed by atoms with van der Waals surface area (Å²) in [5, 5.41) is 3.34. The van der Waals surface area contributed by atoms with Gasteiger partial charge >= 0.3 is 6.08 Å². The van der Waals surface area contributed by atoms with E-state index < -0.39 is 6.08 Å². The molecule has 2 aromatic rings. The number of pyridine rings is 1. The van der Waals surface area contributed by atoms with Crippen molar-refractivity contribution in [2.75, 3.05) is 5.32 Å². The molecule has 0 saturated carbocycles. The molecule has 0 atom stereocenters. The van der Waals surface area contributed by atoms with E-state index in [1.54, 1.807) is 18.3 Å². The van der Waals surface area contributed by atoms with E-state index in [0.717, 1.165) is 0 Å². The molecule has 2 rings (SSSR count). The van der Waals surface area contributed by atoms with Crippen LogP contribution in [0.1, 0.15) is 0 Å². The third-order valence-electron chi connectivity index (χ3n) is 1.60. The number of hydrogen-bond acceptors (Lipinski definition) is 4. The van der Waals surface area contributed by atoms with Crippen LogP contribution in [0.2, 0.25) is 5.02 Å². The Hall–Kier alpha value is -1.75. The van der Waals surface area contributed by atoms with Gasteiger partial charge in [-0.05, 0) is 12.1 Å². The summed E-state index contributed by atoms with van der Waals surface area (Å²) in [6.45, 7) is 0. The van der Waals surface area contributed by atoms with E-state index in [9.17, 15) is 4.39 Å². The summed E-state index contributed by atoms with van der Waals surface area (Å²) in [4.78, 5) is 10.7. The number of nitrogens with zero attached hydrogens (tertiary/aromatic N) is 3. The summed E-state index contributed by atoms with van der Waals surface area (Å²) in [5.41, 5.74) is 0.639. The molecule has 2 aromatic heterocycles. The zero-order chi connectivity index (χ0) is 10.7. The van der Waals surface area contributed by atoms with Gasteiger partial charge in [0.05, 0.1) is 16.9 Å². The monoisotopic (exact) mass is 224 g/mol. The Labute approximate surface area is 90.2 Å². The Morgan fingerprint density at radius 1 is 1.33 bits per heavy atom. The lowest BCUT2D eigenvalue weighted by Gasteiger charge is -2.04. The average molecular weight is 225 g/mol. The Bertz CT molecular complexity index is 434. The van der Waals surface area contributed by atoms with Crippen molar-refractivity contribution in [3.05, 3.63) is 41.8 Å². The SMILES string of the molecule is Fc1nccc(Nc2cncc(Cl)c2)n1. The second-order valence-corrected chi connectivity index (χ2v) is 3.16. The zero-order valence-corrected chi connectivity index (χ0v) is 8.24. The van der Waals surface area contributed by atoms with Crippen LogP contribution < -0.4 is 5.32 Å². The highest BCUT2D eigenvalue weighted by molar-refractivity contribution is 6.30. The van der Waals surface area contributed by atoms with Crippen LogP contribution in [-0.4, -0.2) is 15.0 Å². The molecule has 0 radical (unpaired) electrons. The molecule has 4 nitrogen and oxygen atoms in total. The third-order valence-corrected chi connectivity index (χ3v) is 1.81. The molecule has 0 aliphatic heterocycles. The number of halogens is 2. The van der Waals surface area contributed by atoms with Crippen LogP contribution in [0.25, 0.3) is 0 Å². The molecule has 0 unspecified atom stereocenters. The molecule has 0 amide bonds. The first-order chi connectivity index (χ1) is 7.24. The minimum absolute atomic E-state index is 0.353. The summed E-state index contributed by atoms with van der Waals surface area (Å²) in [7, 11) is 0. The van der Waals surface area contributed by atoms with Gasteiger partial charge < -0.3 is 5.32 Å². The van der Waals surface area contributed by atoms with E-state index >= 15 is 0 Å². The van der Waals surface area contributed by atoms with Crippen LogP contribution in [0.3, 0.4) is 0 Å². The normalized spacial score (nSPS) is 10.0. The van der Waals surface area contributed by atoms with Gasteiger partial charge in [-0.2, -0.15) is 9.37 Å². The van der Waals surface area contributed by atoms with Crippen molar-refractivity contribution in [3.63, 3.8) is 0 Å². The molecule has 1 N–H and O–H groups in total. The van der Waals surface area contributed by atoms with Gasteiger partial charge in [-0.1, -0.05) is 11.6 Å². The maximum atomic E-state index is 12.6.